The molecule has 1 saturated carbocycles. The van der Waals surface area contributed by atoms with E-state index in [2.05, 4.69) is 33.0 Å². The van der Waals surface area contributed by atoms with Gasteiger partial charge in [-0.05, 0) is 59.4 Å². The normalized spacial score (nSPS) is 30.5. The number of rotatable bonds is 5. The molecule has 0 aromatic carbocycles. The predicted molar refractivity (Wildman–Crippen MR) is 71.2 cm³/mol. The Morgan fingerprint density at radius 2 is 2.12 bits per heavy atom. The lowest BCUT2D eigenvalue weighted by Gasteiger charge is -2.42. The molecule has 102 valence electrons. The Morgan fingerprint density at radius 1 is 1.41 bits per heavy atom. The van der Waals surface area contributed by atoms with E-state index in [0.717, 1.165) is 38.6 Å². The van der Waals surface area contributed by atoms with Crippen LogP contribution in [0, 0.1) is 0 Å². The Bertz CT molecular complexity index is 225. The van der Waals surface area contributed by atoms with Gasteiger partial charge in [-0.25, -0.2) is 0 Å². The molecule has 0 saturated heterocycles. The van der Waals surface area contributed by atoms with Gasteiger partial charge in [0.1, 0.15) is 0 Å². The summed E-state index contributed by atoms with van der Waals surface area (Å²) in [6, 6.07) is 0. The maximum absolute atomic E-state index is 9.67. The molecule has 0 amide bonds. The Labute approximate surface area is 106 Å². The molecule has 3 heteroatoms. The molecule has 0 aromatic rings. The number of hydrogen-bond acceptors (Lipinski definition) is 3. The number of aliphatic hydroxyl groups excluding tert-OH is 1. The average molecular weight is 243 g/mol. The lowest BCUT2D eigenvalue weighted by Crippen LogP contribution is -2.54. The fourth-order valence-electron chi connectivity index (χ4n) is 2.66. The van der Waals surface area contributed by atoms with Crippen LogP contribution < -0.4 is 5.32 Å². The van der Waals surface area contributed by atoms with E-state index in [9.17, 15) is 5.11 Å². The van der Waals surface area contributed by atoms with Crippen LogP contribution in [0.3, 0.4) is 0 Å². The predicted octanol–water partition coefficient (Wildman–Crippen LogP) is 2.47. The van der Waals surface area contributed by atoms with Crippen molar-refractivity contribution in [2.45, 2.75) is 77.0 Å². The van der Waals surface area contributed by atoms with Crippen molar-refractivity contribution < 1.29 is 9.84 Å². The first-order chi connectivity index (χ1) is 7.91. The first-order valence-electron chi connectivity index (χ1n) is 6.94. The molecule has 0 heterocycles. The molecule has 3 nitrogen and oxygen atoms in total. The fourth-order valence-corrected chi connectivity index (χ4v) is 2.66. The van der Waals surface area contributed by atoms with Gasteiger partial charge >= 0.3 is 0 Å². The summed E-state index contributed by atoms with van der Waals surface area (Å²) < 4.78 is 6.06. The van der Waals surface area contributed by atoms with Crippen LogP contribution in [0.1, 0.15) is 59.8 Å². The molecule has 0 bridgehead atoms. The van der Waals surface area contributed by atoms with Crippen LogP contribution in [-0.4, -0.2) is 35.5 Å². The SMILES string of the molecule is CCCNC1(CO)CCCC(OC(C)(C)C)C1. The first-order valence-corrected chi connectivity index (χ1v) is 6.94. The second-order valence-corrected chi connectivity index (χ2v) is 6.31. The quantitative estimate of drug-likeness (QED) is 0.779. The molecule has 1 rings (SSSR count). The third-order valence-corrected chi connectivity index (χ3v) is 3.37. The van der Waals surface area contributed by atoms with Gasteiger partial charge in [0.25, 0.3) is 0 Å². The van der Waals surface area contributed by atoms with E-state index < -0.39 is 0 Å². The van der Waals surface area contributed by atoms with Gasteiger partial charge in [0.2, 0.25) is 0 Å². The van der Waals surface area contributed by atoms with Crippen molar-refractivity contribution in [1.29, 1.82) is 0 Å². The van der Waals surface area contributed by atoms with Crippen molar-refractivity contribution in [3.05, 3.63) is 0 Å². The highest BCUT2D eigenvalue weighted by Gasteiger charge is 2.36. The van der Waals surface area contributed by atoms with E-state index in [1.165, 1.54) is 0 Å². The molecular formula is C14H29NO2. The lowest BCUT2D eigenvalue weighted by atomic mass is 9.80. The second-order valence-electron chi connectivity index (χ2n) is 6.31. The summed E-state index contributed by atoms with van der Waals surface area (Å²) in [5, 5.41) is 13.2. The molecule has 2 unspecified atom stereocenters. The van der Waals surface area contributed by atoms with Crippen molar-refractivity contribution in [1.82, 2.24) is 5.32 Å². The standard InChI is InChI=1S/C14H29NO2/c1-5-9-15-14(11-16)8-6-7-12(10-14)17-13(2,3)4/h12,15-16H,5-11H2,1-4H3. The van der Waals surface area contributed by atoms with Gasteiger partial charge in [0, 0.05) is 5.54 Å². The molecule has 1 fully saturated rings. The van der Waals surface area contributed by atoms with Crippen molar-refractivity contribution in [2.24, 2.45) is 0 Å². The van der Waals surface area contributed by atoms with Crippen LogP contribution in [0.5, 0.6) is 0 Å². The van der Waals surface area contributed by atoms with Gasteiger partial charge in [0.05, 0.1) is 18.3 Å². The summed E-state index contributed by atoms with van der Waals surface area (Å²) in [6.45, 7) is 9.65. The van der Waals surface area contributed by atoms with E-state index in [0.29, 0.717) is 0 Å². The van der Waals surface area contributed by atoms with Gasteiger partial charge < -0.3 is 15.2 Å². The smallest absolute Gasteiger partial charge is 0.0614 e. The lowest BCUT2D eigenvalue weighted by molar-refractivity contribution is -0.0928. The van der Waals surface area contributed by atoms with Gasteiger partial charge in [-0.15, -0.1) is 0 Å². The van der Waals surface area contributed by atoms with Crippen LogP contribution >= 0.6 is 0 Å². The number of nitrogens with one attached hydrogen (secondary N) is 1. The summed E-state index contributed by atoms with van der Waals surface area (Å²) in [6.07, 6.45) is 5.63. The van der Waals surface area contributed by atoms with Gasteiger partial charge in [-0.1, -0.05) is 6.92 Å². The first kappa shape index (κ1) is 14.9. The average Bonchev–Trinajstić information content (AvgIpc) is 2.24. The topological polar surface area (TPSA) is 41.5 Å². The molecule has 0 aliphatic heterocycles. The van der Waals surface area contributed by atoms with Crippen molar-refractivity contribution in [3.8, 4) is 0 Å². The van der Waals surface area contributed by atoms with Crippen LogP contribution in [0.25, 0.3) is 0 Å². The molecule has 0 radical (unpaired) electrons. The van der Waals surface area contributed by atoms with Gasteiger partial charge in [0.15, 0.2) is 0 Å². The summed E-state index contributed by atoms with van der Waals surface area (Å²) in [5.41, 5.74) is -0.196. The fraction of sp³-hybridized carbons (Fsp3) is 1.00. The maximum atomic E-state index is 9.67. The number of hydrogen-bond donors (Lipinski definition) is 2. The van der Waals surface area contributed by atoms with Crippen molar-refractivity contribution in [2.75, 3.05) is 13.2 Å². The minimum atomic E-state index is -0.107. The molecule has 1 aliphatic carbocycles. The van der Waals surface area contributed by atoms with Crippen molar-refractivity contribution >= 4 is 0 Å². The zero-order chi connectivity index (χ0) is 12.9. The molecule has 2 N–H and O–H groups in total. The number of aliphatic hydroxyl groups is 1. The number of ether oxygens (including phenoxy) is 1. The zero-order valence-electron chi connectivity index (χ0n) is 11.9. The van der Waals surface area contributed by atoms with E-state index in [4.69, 9.17) is 4.74 Å². The molecule has 17 heavy (non-hydrogen) atoms. The van der Waals surface area contributed by atoms with Crippen LogP contribution in [0.4, 0.5) is 0 Å². The highest BCUT2D eigenvalue weighted by molar-refractivity contribution is 4.94. The van der Waals surface area contributed by atoms with Crippen LogP contribution in [-0.2, 0) is 4.74 Å². The minimum Gasteiger partial charge on any atom is -0.394 e. The van der Waals surface area contributed by atoms with Crippen molar-refractivity contribution in [3.63, 3.8) is 0 Å². The summed E-state index contributed by atoms with van der Waals surface area (Å²) in [7, 11) is 0. The second kappa shape index (κ2) is 6.17. The summed E-state index contributed by atoms with van der Waals surface area (Å²) in [4.78, 5) is 0. The van der Waals surface area contributed by atoms with E-state index >= 15 is 0 Å². The Morgan fingerprint density at radius 3 is 2.65 bits per heavy atom. The van der Waals surface area contributed by atoms with E-state index in [1.54, 1.807) is 0 Å². The molecule has 2 atom stereocenters. The Hall–Kier alpha value is -0.120. The Kier molecular flexibility index (Phi) is 5.42. The largest absolute Gasteiger partial charge is 0.394 e. The molecular weight excluding hydrogens is 214 g/mol. The third-order valence-electron chi connectivity index (χ3n) is 3.37. The molecule has 0 aromatic heterocycles. The van der Waals surface area contributed by atoms with Gasteiger partial charge in [-0.2, -0.15) is 0 Å². The van der Waals surface area contributed by atoms with Crippen LogP contribution in [0.15, 0.2) is 0 Å². The van der Waals surface area contributed by atoms with E-state index in [1.807, 2.05) is 0 Å². The monoisotopic (exact) mass is 243 g/mol. The minimum absolute atomic E-state index is 0.0893. The van der Waals surface area contributed by atoms with Crippen LogP contribution in [0.2, 0.25) is 0 Å². The molecule has 0 spiro atoms. The third kappa shape index (κ3) is 4.94. The maximum Gasteiger partial charge on any atom is 0.0614 e. The zero-order valence-corrected chi connectivity index (χ0v) is 11.9. The van der Waals surface area contributed by atoms with E-state index in [-0.39, 0.29) is 23.9 Å². The highest BCUT2D eigenvalue weighted by atomic mass is 16.5. The summed E-state index contributed by atoms with van der Waals surface area (Å²) >= 11 is 0. The Balaban J connectivity index is 2.56. The highest BCUT2D eigenvalue weighted by Crippen LogP contribution is 2.32. The summed E-state index contributed by atoms with van der Waals surface area (Å²) in [5.74, 6) is 0. The molecule has 1 aliphatic rings. The van der Waals surface area contributed by atoms with Gasteiger partial charge in [-0.3, -0.25) is 0 Å².